The van der Waals surface area contributed by atoms with E-state index in [1.54, 1.807) is 18.3 Å². The maximum Gasteiger partial charge on any atom is 0.276 e. The molecule has 0 unspecified atom stereocenters. The quantitative estimate of drug-likeness (QED) is 0.740. The minimum Gasteiger partial charge on any atom is -0.297 e. The molecule has 3 aromatic heterocycles. The summed E-state index contributed by atoms with van der Waals surface area (Å²) < 4.78 is 28.7. The fourth-order valence-electron chi connectivity index (χ4n) is 2.67. The Morgan fingerprint density at radius 2 is 2.13 bits per heavy atom. The van der Waals surface area contributed by atoms with Gasteiger partial charge in [-0.25, -0.2) is 17.9 Å². The van der Waals surface area contributed by atoms with Gasteiger partial charge in [0.05, 0.1) is 16.6 Å². The van der Waals surface area contributed by atoms with Crippen molar-refractivity contribution in [2.75, 3.05) is 6.54 Å². The number of nitrogens with zero attached hydrogens (tertiary/aromatic N) is 3. The van der Waals surface area contributed by atoms with Crippen LogP contribution in [0.5, 0.6) is 0 Å². The number of sulfonamides is 1. The highest BCUT2D eigenvalue weighted by Crippen LogP contribution is 2.30. The Bertz CT molecular complexity index is 1070. The van der Waals surface area contributed by atoms with Crippen molar-refractivity contribution in [3.63, 3.8) is 0 Å². The normalized spacial score (nSPS) is 15.9. The van der Waals surface area contributed by atoms with Gasteiger partial charge in [-0.15, -0.1) is 11.3 Å². The van der Waals surface area contributed by atoms with Crippen LogP contribution in [0.25, 0.3) is 5.65 Å². The van der Waals surface area contributed by atoms with Gasteiger partial charge in [-0.05, 0) is 18.6 Å². The molecule has 4 rings (SSSR count). The predicted molar refractivity (Wildman–Crippen MR) is 86.4 cm³/mol. The van der Waals surface area contributed by atoms with Crippen molar-refractivity contribution in [1.82, 2.24) is 18.9 Å². The first-order chi connectivity index (χ1) is 11.0. The molecule has 0 atom stereocenters. The fraction of sp³-hybridized carbons (Fsp3) is 0.231. The van der Waals surface area contributed by atoms with E-state index in [-0.39, 0.29) is 22.9 Å². The van der Waals surface area contributed by atoms with Crippen molar-refractivity contribution in [3.05, 3.63) is 50.3 Å². The second kappa shape index (κ2) is 5.17. The van der Waals surface area contributed by atoms with E-state index >= 15 is 0 Å². The Labute approximate surface area is 140 Å². The summed E-state index contributed by atoms with van der Waals surface area (Å²) in [6.45, 7) is 0.332. The number of H-pyrrole nitrogens is 1. The summed E-state index contributed by atoms with van der Waals surface area (Å²) in [6, 6.07) is 4.73. The highest BCUT2D eigenvalue weighted by Gasteiger charge is 2.31. The molecule has 0 aliphatic carbocycles. The van der Waals surface area contributed by atoms with E-state index in [9.17, 15) is 13.2 Å². The lowest BCUT2D eigenvalue weighted by Crippen LogP contribution is -2.39. The van der Waals surface area contributed by atoms with Crippen molar-refractivity contribution in [1.29, 1.82) is 0 Å². The number of hydrogen-bond donors (Lipinski definition) is 1. The summed E-state index contributed by atoms with van der Waals surface area (Å²) in [6.07, 6.45) is 1.96. The molecule has 7 nitrogen and oxygen atoms in total. The van der Waals surface area contributed by atoms with E-state index in [1.807, 2.05) is 0 Å². The summed E-state index contributed by atoms with van der Waals surface area (Å²) in [5.74, 6) is 0. The Balaban J connectivity index is 1.77. The van der Waals surface area contributed by atoms with Gasteiger partial charge in [-0.1, -0.05) is 11.6 Å². The van der Waals surface area contributed by atoms with Crippen LogP contribution in [0.4, 0.5) is 0 Å². The van der Waals surface area contributed by atoms with E-state index in [4.69, 9.17) is 11.6 Å². The minimum atomic E-state index is -3.63. The smallest absolute Gasteiger partial charge is 0.276 e. The fourth-order valence-corrected chi connectivity index (χ4v) is 5.71. The van der Waals surface area contributed by atoms with Crippen LogP contribution < -0.4 is 5.56 Å². The topological polar surface area (TPSA) is 87.5 Å². The maximum atomic E-state index is 12.7. The highest BCUT2D eigenvalue weighted by atomic mass is 35.5. The Hall–Kier alpha value is -1.68. The molecule has 0 saturated carbocycles. The molecule has 10 heteroatoms. The summed E-state index contributed by atoms with van der Waals surface area (Å²) >= 11 is 6.86. The molecule has 4 heterocycles. The SMILES string of the molecule is O=c1c2c(nc3cc[nH]n13)CN(S(=O)(=O)c1ccc(Cl)s1)CC2. The van der Waals surface area contributed by atoms with E-state index < -0.39 is 10.0 Å². The number of aromatic nitrogens is 3. The van der Waals surface area contributed by atoms with Crippen molar-refractivity contribution in [2.45, 2.75) is 17.2 Å². The van der Waals surface area contributed by atoms with Gasteiger partial charge in [-0.3, -0.25) is 9.89 Å². The molecule has 0 spiro atoms. The number of halogens is 1. The lowest BCUT2D eigenvalue weighted by Gasteiger charge is -2.26. The number of fused-ring (bicyclic) bond motifs is 2. The number of hydrogen-bond acceptors (Lipinski definition) is 5. The number of aromatic amines is 1. The van der Waals surface area contributed by atoms with Gasteiger partial charge < -0.3 is 0 Å². The van der Waals surface area contributed by atoms with Crippen molar-refractivity contribution in [3.8, 4) is 0 Å². The Morgan fingerprint density at radius 1 is 1.30 bits per heavy atom. The number of rotatable bonds is 2. The molecule has 23 heavy (non-hydrogen) atoms. The summed E-state index contributed by atoms with van der Waals surface area (Å²) in [5, 5.41) is 2.80. The van der Waals surface area contributed by atoms with Crippen LogP contribution in [0.15, 0.2) is 33.4 Å². The second-order valence-corrected chi connectivity index (χ2v) is 9.03. The van der Waals surface area contributed by atoms with Crippen molar-refractivity contribution < 1.29 is 8.42 Å². The van der Waals surface area contributed by atoms with Gasteiger partial charge in [-0.2, -0.15) is 4.31 Å². The minimum absolute atomic E-state index is 0.0874. The van der Waals surface area contributed by atoms with Crippen molar-refractivity contribution in [2.24, 2.45) is 0 Å². The molecule has 0 bridgehead atoms. The third-order valence-electron chi connectivity index (χ3n) is 3.80. The summed E-state index contributed by atoms with van der Waals surface area (Å²) in [7, 11) is -3.63. The first-order valence-electron chi connectivity index (χ1n) is 6.80. The molecule has 0 amide bonds. The van der Waals surface area contributed by atoms with Gasteiger partial charge in [0.1, 0.15) is 4.21 Å². The Kier molecular flexibility index (Phi) is 3.34. The van der Waals surface area contributed by atoms with Crippen LogP contribution in [0, 0.1) is 0 Å². The highest BCUT2D eigenvalue weighted by molar-refractivity contribution is 7.91. The molecule has 3 aromatic rings. The lowest BCUT2D eigenvalue weighted by molar-refractivity contribution is 0.384. The molecule has 1 aliphatic rings. The molecule has 120 valence electrons. The average Bonchev–Trinajstić information content (AvgIpc) is 3.16. The predicted octanol–water partition coefficient (Wildman–Crippen LogP) is 1.48. The van der Waals surface area contributed by atoms with Gasteiger partial charge in [0.25, 0.3) is 15.6 Å². The van der Waals surface area contributed by atoms with Crippen LogP contribution in [0.2, 0.25) is 4.34 Å². The van der Waals surface area contributed by atoms with Crippen LogP contribution in [0.1, 0.15) is 11.3 Å². The first kappa shape index (κ1) is 14.9. The summed E-state index contributed by atoms with van der Waals surface area (Å²) in [4.78, 5) is 16.8. The number of nitrogens with one attached hydrogen (secondary N) is 1. The lowest BCUT2D eigenvalue weighted by atomic mass is 10.1. The second-order valence-electron chi connectivity index (χ2n) is 5.15. The molecular weight excluding hydrogens is 360 g/mol. The molecular formula is C13H11ClN4O3S2. The zero-order valence-electron chi connectivity index (χ0n) is 11.7. The monoisotopic (exact) mass is 370 g/mol. The van der Waals surface area contributed by atoms with E-state index in [0.29, 0.717) is 27.7 Å². The third-order valence-corrected chi connectivity index (χ3v) is 7.35. The zero-order valence-corrected chi connectivity index (χ0v) is 14.1. The number of thiophene rings is 1. The molecule has 0 aromatic carbocycles. The van der Waals surface area contributed by atoms with Crippen LogP contribution in [-0.4, -0.2) is 33.9 Å². The van der Waals surface area contributed by atoms with Gasteiger partial charge >= 0.3 is 0 Å². The Morgan fingerprint density at radius 3 is 2.87 bits per heavy atom. The van der Waals surface area contributed by atoms with Gasteiger partial charge in [0, 0.05) is 24.4 Å². The molecule has 1 aliphatic heterocycles. The van der Waals surface area contributed by atoms with E-state index in [2.05, 4.69) is 10.1 Å². The van der Waals surface area contributed by atoms with Crippen LogP contribution in [0.3, 0.4) is 0 Å². The largest absolute Gasteiger partial charge is 0.297 e. The molecule has 0 fully saturated rings. The van der Waals surface area contributed by atoms with Gasteiger partial charge in [0.2, 0.25) is 0 Å². The van der Waals surface area contributed by atoms with Crippen molar-refractivity contribution >= 4 is 38.6 Å². The average molecular weight is 371 g/mol. The van der Waals surface area contributed by atoms with Crippen LogP contribution >= 0.6 is 22.9 Å². The summed E-state index contributed by atoms with van der Waals surface area (Å²) in [5.41, 5.74) is 1.37. The first-order valence-corrected chi connectivity index (χ1v) is 9.43. The molecule has 1 N–H and O–H groups in total. The zero-order chi connectivity index (χ0) is 16.2. The molecule has 0 radical (unpaired) electrons. The standard InChI is InChI=1S/C13H11ClN4O3S2/c14-10-1-2-12(22-10)23(20,21)17-6-4-8-9(7-17)16-11-3-5-15-18(11)13(8)19/h1-3,5,15H,4,6-7H2. The third kappa shape index (κ3) is 2.31. The van der Waals surface area contributed by atoms with E-state index in [0.717, 1.165) is 11.3 Å². The van der Waals surface area contributed by atoms with Crippen LogP contribution in [-0.2, 0) is 23.0 Å². The van der Waals surface area contributed by atoms with Gasteiger partial charge in [0.15, 0.2) is 5.65 Å². The molecule has 0 saturated heterocycles. The van der Waals surface area contributed by atoms with E-state index in [1.165, 1.54) is 14.9 Å². The maximum absolute atomic E-state index is 12.7.